The van der Waals surface area contributed by atoms with Crippen LogP contribution in [-0.4, -0.2) is 174 Å². The van der Waals surface area contributed by atoms with E-state index in [4.69, 9.17) is 137 Å². The first kappa shape index (κ1) is 111. The zero-order chi connectivity index (χ0) is 97.8. The van der Waals surface area contributed by atoms with Crippen molar-refractivity contribution in [3.8, 4) is 0 Å². The van der Waals surface area contributed by atoms with Gasteiger partial charge < -0.3 is 54.4 Å². The lowest BCUT2D eigenvalue weighted by Gasteiger charge is -2.37. The molecule has 5 aliphatic rings. The monoisotopic (exact) mass is 2150 g/mol. The van der Waals surface area contributed by atoms with Crippen molar-refractivity contribution in [1.29, 1.82) is 0 Å². The fraction of sp³-hybridized carbons (Fsp3) is 0.376. The van der Waals surface area contributed by atoms with E-state index in [9.17, 15) is 58.0 Å². The average Bonchev–Trinajstić information content (AvgIpc) is 0.762. The number of sulfonamides is 3. The van der Waals surface area contributed by atoms with Gasteiger partial charge in [-0.2, -0.15) is 0 Å². The summed E-state index contributed by atoms with van der Waals surface area (Å²) in [5, 5.41) is 35.8. The number of carbonyl (C=O) groups is 4. The third-order valence-corrected chi connectivity index (χ3v) is 30.9. The van der Waals surface area contributed by atoms with Crippen molar-refractivity contribution in [2.45, 2.75) is 174 Å². The van der Waals surface area contributed by atoms with Crippen LogP contribution in [0.3, 0.4) is 0 Å². The number of benzene rings is 9. The van der Waals surface area contributed by atoms with E-state index in [1.54, 1.807) is 57.2 Å². The van der Waals surface area contributed by atoms with Crippen molar-refractivity contribution >= 4 is 211 Å². The summed E-state index contributed by atoms with van der Waals surface area (Å²) in [6.07, 6.45) is 8.49. The van der Waals surface area contributed by atoms with Gasteiger partial charge in [0.25, 0.3) is 39.1 Å². The molecule has 0 saturated heterocycles. The molecule has 0 aromatic heterocycles. The summed E-state index contributed by atoms with van der Waals surface area (Å²) in [6.45, 7) is 13.1. The molecule has 0 amide bonds. The summed E-state index contributed by atoms with van der Waals surface area (Å²) < 4.78 is 136. The molecule has 5 heterocycles. The number of aliphatic hydroxyl groups excluding tert-OH is 3. The molecule has 5 aliphatic heterocycles. The van der Waals surface area contributed by atoms with E-state index >= 15 is 0 Å². The van der Waals surface area contributed by atoms with Crippen LogP contribution in [0.25, 0.3) is 0 Å². The van der Waals surface area contributed by atoms with E-state index in [0.29, 0.717) is 72.4 Å². The molecule has 5 unspecified atom stereocenters. The van der Waals surface area contributed by atoms with Gasteiger partial charge in [0, 0.05) is 28.1 Å². The Hall–Kier alpha value is -7.45. The molecule has 9 aromatic rings. The Morgan fingerprint density at radius 2 is 0.782 bits per heavy atom. The third kappa shape index (κ3) is 32.9. The molecule has 0 aliphatic carbocycles. The number of nitrogens with zero attached hydrogens (tertiary/aromatic N) is 3. The molecule has 0 saturated carbocycles. The minimum Gasteiger partial charge on any atom is -0.465 e. The number of alkyl halides is 1. The van der Waals surface area contributed by atoms with Gasteiger partial charge >= 0.3 is 23.9 Å². The summed E-state index contributed by atoms with van der Waals surface area (Å²) in [4.78, 5) is 45.5. The number of anilines is 5. The van der Waals surface area contributed by atoms with Crippen LogP contribution in [0.2, 0.25) is 40.2 Å². The average molecular weight is 2160 g/mol. The first-order chi connectivity index (χ1) is 62.8. The maximum atomic E-state index is 13.6. The van der Waals surface area contributed by atoms with Crippen molar-refractivity contribution in [3.63, 3.8) is 0 Å². The van der Waals surface area contributed by atoms with Gasteiger partial charge in [0.05, 0.1) is 135 Å². The molecule has 40 heteroatoms. The summed E-state index contributed by atoms with van der Waals surface area (Å²) in [5.41, 5.74) is 9.01. The highest BCUT2D eigenvalue weighted by Gasteiger charge is 2.40. The fourth-order valence-corrected chi connectivity index (χ4v) is 21.7. The molecule has 0 bridgehead atoms. The first-order valence-corrected chi connectivity index (χ1v) is 52.7. The van der Waals surface area contributed by atoms with Crippen LogP contribution < -0.4 is 23.5 Å². The zero-order valence-electron chi connectivity index (χ0n) is 73.7. The minimum absolute atomic E-state index is 0.00768. The molecular weight excluding hydrogens is 2050 g/mol. The number of hydrogen-bond acceptors (Lipinski definition) is 23. The number of para-hydroxylation sites is 5. The number of hydrogen-bond donors (Lipinski definition) is 5. The lowest BCUT2D eigenvalue weighted by Crippen LogP contribution is -2.46. The lowest BCUT2D eigenvalue weighted by molar-refractivity contribution is -0.160. The van der Waals surface area contributed by atoms with E-state index in [2.05, 4.69) is 76.3 Å². The Morgan fingerprint density at radius 1 is 0.421 bits per heavy atom. The molecule has 14 rings (SSSR count). The highest BCUT2D eigenvalue weighted by atomic mass is 79.9. The molecule has 722 valence electrons. The Kier molecular flexibility index (Phi) is 43.2. The topological polar surface area (TPSA) is 355 Å². The van der Waals surface area contributed by atoms with Crippen molar-refractivity contribution in [3.05, 3.63) is 262 Å². The van der Waals surface area contributed by atoms with E-state index in [1.807, 2.05) is 67.6 Å². The van der Waals surface area contributed by atoms with Crippen LogP contribution in [0.1, 0.15) is 115 Å². The largest absolute Gasteiger partial charge is 0.465 e. The number of halogens is 10. The zero-order valence-corrected chi connectivity index (χ0v) is 85.3. The van der Waals surface area contributed by atoms with Crippen molar-refractivity contribution < 1.29 is 96.6 Å². The van der Waals surface area contributed by atoms with Gasteiger partial charge in [-0.05, 0) is 235 Å². The highest BCUT2D eigenvalue weighted by Crippen LogP contribution is 2.42. The molecule has 5 atom stereocenters. The predicted molar refractivity (Wildman–Crippen MR) is 528 cm³/mol. The van der Waals surface area contributed by atoms with Gasteiger partial charge in [-0.3, -0.25) is 17.7 Å². The Labute approximate surface area is 830 Å². The molecule has 0 fully saturated rings. The SMILES string of the molecule is CC(C)(C)CCOC(=O)CBr.CC(C)(C)OC(=O)COCC1CCc2ccccc2N1S(=O)(=O)c1ccc(Cl)c(Cl)c1.CCOC(=O)C1CCc2ccccc2N1.O=C(COCC1CCc2ccccc2N1S(=O)(=O)c1ccc(Cl)c(Cl)c1)OCO.O=S(=O)(Cl)c1ccc(Cl)c(Cl)c1.O=S(=O)(c1ccc(Cl)c(Cl)c1)N1c2ccccc2CCC1CO.OCC1CCc2ccccc2N1. The molecule has 133 heavy (non-hydrogen) atoms. The second-order valence-electron chi connectivity index (χ2n) is 32.6. The standard InChI is InChI=1S/C22H25Cl2NO5S.C19H19Cl2NO6S.C16H15Cl2NO3S.C12H15NO2.C10H13NO.C8H15BrO2.C6H3Cl3O2S/c1-22(2,3)30-21(26)14-29-13-16-9-8-15-6-4-5-7-20(15)25(16)31(27,28)17-10-11-18(23)19(24)12-17;20-16-8-7-15(9-17(16)21)29(25,26)22-14(10-27-11-19(24)28-12-23)6-5-13-3-1-2-4-18(13)22;17-14-8-7-13(9-15(14)18)23(21,22)19-12(10-20)6-5-11-3-1-2-4-16(11)19;1-2-15-12(14)11-8-7-9-5-3-4-6-10(9)13-11;12-7-9-6-5-8-3-1-2-4-10(8)11-9;1-8(2,3)4-5-11-7(10)6-9;7-5-2-1-4(3-6(5)8)12(9,10)11/h4-7,10-12,16H,8-9,13-14H2,1-3H3;1-4,7-9,14,23H,5-6,10-12H2;1-4,7-9,12,20H,5-6,10H2;3-6,11,13H,2,7-8H2,1H3;1-4,9,11-12H,5-7H2;4-6H2,1-3H3;1-3H. The number of esters is 4. The quantitative estimate of drug-likeness (QED) is 0.0131. The summed E-state index contributed by atoms with van der Waals surface area (Å²) in [5.74, 6) is -1.56. The van der Waals surface area contributed by atoms with Crippen LogP contribution in [0, 0.1) is 5.41 Å². The van der Waals surface area contributed by atoms with Gasteiger partial charge in [-0.1, -0.05) is 221 Å². The van der Waals surface area contributed by atoms with Gasteiger partial charge in [0.15, 0.2) is 6.79 Å². The van der Waals surface area contributed by atoms with Gasteiger partial charge in [-0.15, -0.1) is 0 Å². The Balaban J connectivity index is 0.000000198. The van der Waals surface area contributed by atoms with Crippen LogP contribution in [0.15, 0.2) is 214 Å². The van der Waals surface area contributed by atoms with Gasteiger partial charge in [0.1, 0.15) is 30.2 Å². The molecule has 9 aromatic carbocycles. The number of nitrogens with one attached hydrogen (secondary N) is 2. The van der Waals surface area contributed by atoms with Crippen LogP contribution in [-0.2, 0) is 119 Å². The van der Waals surface area contributed by atoms with Crippen LogP contribution >= 0.6 is 119 Å². The summed E-state index contributed by atoms with van der Waals surface area (Å²) in [7, 11) is -10.4. The molecule has 0 radical (unpaired) electrons. The minimum atomic E-state index is -3.97. The normalized spacial score (nSPS) is 16.6. The summed E-state index contributed by atoms with van der Waals surface area (Å²) >= 11 is 50.0. The molecule has 26 nitrogen and oxygen atoms in total. The number of aliphatic hydroxyl groups is 3. The van der Waals surface area contributed by atoms with Crippen LogP contribution in [0.4, 0.5) is 28.4 Å². The molecule has 5 N–H and O–H groups in total. The summed E-state index contributed by atoms with van der Waals surface area (Å²) in [6, 6.07) is 53.3. The number of ether oxygens (including phenoxy) is 6. The second kappa shape index (κ2) is 51.8. The van der Waals surface area contributed by atoms with E-state index < -0.39 is 81.6 Å². The number of rotatable bonds is 23. The molecule has 0 spiro atoms. The van der Waals surface area contributed by atoms with Crippen molar-refractivity contribution in [1.82, 2.24) is 0 Å². The highest BCUT2D eigenvalue weighted by molar-refractivity contribution is 9.09. The fourth-order valence-electron chi connectivity index (χ4n) is 14.1. The Morgan fingerprint density at radius 3 is 1.16 bits per heavy atom. The maximum absolute atomic E-state index is 13.6. The lowest BCUT2D eigenvalue weighted by atomic mass is 9.93. The maximum Gasteiger partial charge on any atom is 0.334 e. The number of aryl methyl sites for hydroxylation is 5. The smallest absolute Gasteiger partial charge is 0.334 e. The number of carbonyl (C=O) groups excluding carboxylic acids is 4. The van der Waals surface area contributed by atoms with Crippen LogP contribution in [0.5, 0.6) is 0 Å². The van der Waals surface area contributed by atoms with Gasteiger partial charge in [-0.25, -0.2) is 48.1 Å². The van der Waals surface area contributed by atoms with E-state index in [1.165, 1.54) is 103 Å². The van der Waals surface area contributed by atoms with Crippen molar-refractivity contribution in [2.75, 3.05) is 88.5 Å². The van der Waals surface area contributed by atoms with Crippen molar-refractivity contribution in [2.24, 2.45) is 5.41 Å². The third-order valence-electron chi connectivity index (χ3n) is 20.6. The predicted octanol–water partition coefficient (Wildman–Crippen LogP) is 20.0. The first-order valence-electron chi connectivity index (χ1n) is 41.9. The molecular formula is C93H105BrCl9N5O21S4. The number of fused-ring (bicyclic) bond motifs is 5. The Bertz CT molecular complexity index is 5950. The van der Waals surface area contributed by atoms with E-state index in [-0.39, 0.29) is 124 Å². The van der Waals surface area contributed by atoms with E-state index in [0.717, 1.165) is 60.9 Å². The second-order valence-corrected chi connectivity index (χ2v) is 44.4. The van der Waals surface area contributed by atoms with Gasteiger partial charge in [0.2, 0.25) is 0 Å².